The van der Waals surface area contributed by atoms with E-state index in [0.717, 1.165) is 4.47 Å². The lowest BCUT2D eigenvalue weighted by molar-refractivity contribution is 0.0700. The van der Waals surface area contributed by atoms with E-state index in [1.807, 2.05) is 6.07 Å². The highest BCUT2D eigenvalue weighted by atomic mass is 79.9. The molecule has 5 nitrogen and oxygen atoms in total. The molecule has 19 heavy (non-hydrogen) atoms. The largest absolute Gasteiger partial charge is 0.398 e. The summed E-state index contributed by atoms with van der Waals surface area (Å²) in [5.74, 6) is -0.147. The molecule has 0 unspecified atom stereocenters. The zero-order chi connectivity index (χ0) is 14.3. The molecule has 0 bridgehead atoms. The first-order chi connectivity index (χ1) is 9.10. The van der Waals surface area contributed by atoms with Crippen LogP contribution in [0.1, 0.15) is 16.8 Å². The predicted octanol–water partition coefficient (Wildman–Crippen LogP) is 2.03. The number of nitrogens with zero attached hydrogens (tertiary/aromatic N) is 2. The number of anilines is 1. The van der Waals surface area contributed by atoms with E-state index in [-0.39, 0.29) is 5.91 Å². The van der Waals surface area contributed by atoms with Crippen LogP contribution in [0, 0.1) is 11.3 Å². The zero-order valence-electron chi connectivity index (χ0n) is 10.7. The number of halogens is 1. The van der Waals surface area contributed by atoms with Crippen molar-refractivity contribution in [2.45, 2.75) is 6.42 Å². The lowest BCUT2D eigenvalue weighted by atomic mass is 10.1. The van der Waals surface area contributed by atoms with Crippen molar-refractivity contribution in [1.82, 2.24) is 4.90 Å². The van der Waals surface area contributed by atoms with E-state index in [4.69, 9.17) is 15.7 Å². The number of nitrogens with two attached hydrogens (primary N) is 1. The van der Waals surface area contributed by atoms with Gasteiger partial charge in [0.1, 0.15) is 0 Å². The molecule has 0 spiro atoms. The van der Waals surface area contributed by atoms with Gasteiger partial charge in [-0.2, -0.15) is 5.26 Å². The van der Waals surface area contributed by atoms with Gasteiger partial charge in [0.15, 0.2) is 0 Å². The van der Waals surface area contributed by atoms with Crippen LogP contribution in [0.2, 0.25) is 0 Å². The first-order valence-corrected chi connectivity index (χ1v) is 6.59. The number of hydrogen-bond acceptors (Lipinski definition) is 4. The van der Waals surface area contributed by atoms with Gasteiger partial charge in [-0.05, 0) is 34.1 Å². The maximum Gasteiger partial charge on any atom is 0.254 e. The van der Waals surface area contributed by atoms with Crippen LogP contribution in [-0.4, -0.2) is 37.6 Å². The number of nitriles is 1. The molecule has 0 aliphatic heterocycles. The molecule has 0 radical (unpaired) electrons. The van der Waals surface area contributed by atoms with Crippen molar-refractivity contribution in [3.8, 4) is 6.07 Å². The van der Waals surface area contributed by atoms with E-state index in [1.165, 1.54) is 0 Å². The van der Waals surface area contributed by atoms with E-state index in [1.54, 1.807) is 30.2 Å². The van der Waals surface area contributed by atoms with Crippen LogP contribution < -0.4 is 5.73 Å². The number of hydrogen-bond donors (Lipinski definition) is 1. The molecule has 0 aromatic heterocycles. The summed E-state index contributed by atoms with van der Waals surface area (Å²) in [5.41, 5.74) is 6.79. The fourth-order valence-electron chi connectivity index (χ4n) is 1.56. The van der Waals surface area contributed by atoms with Gasteiger partial charge in [0.05, 0.1) is 19.1 Å². The van der Waals surface area contributed by atoms with E-state index >= 15 is 0 Å². The summed E-state index contributed by atoms with van der Waals surface area (Å²) in [4.78, 5) is 13.9. The summed E-state index contributed by atoms with van der Waals surface area (Å²) in [6.07, 6.45) is 0.293. The number of carbonyl (C=O) groups is 1. The molecule has 0 aliphatic rings. The van der Waals surface area contributed by atoms with Crippen molar-refractivity contribution < 1.29 is 9.53 Å². The Kier molecular flexibility index (Phi) is 6.33. The third-order valence-electron chi connectivity index (χ3n) is 2.59. The van der Waals surface area contributed by atoms with Crippen LogP contribution in [0.25, 0.3) is 0 Å². The average molecular weight is 326 g/mol. The number of methoxy groups -OCH3 is 1. The van der Waals surface area contributed by atoms with Crippen molar-refractivity contribution in [1.29, 1.82) is 5.26 Å². The van der Waals surface area contributed by atoms with E-state index in [9.17, 15) is 4.79 Å². The number of rotatable bonds is 6. The summed E-state index contributed by atoms with van der Waals surface area (Å²) < 4.78 is 5.73. The second kappa shape index (κ2) is 7.77. The Morgan fingerprint density at radius 3 is 2.84 bits per heavy atom. The lowest BCUT2D eigenvalue weighted by Gasteiger charge is -2.21. The van der Waals surface area contributed by atoms with Gasteiger partial charge in [-0.3, -0.25) is 4.79 Å². The lowest BCUT2D eigenvalue weighted by Crippen LogP contribution is -2.34. The minimum Gasteiger partial charge on any atom is -0.398 e. The third kappa shape index (κ3) is 4.54. The first kappa shape index (κ1) is 15.5. The maximum atomic E-state index is 12.3. The summed E-state index contributed by atoms with van der Waals surface area (Å²) in [7, 11) is 1.57. The van der Waals surface area contributed by atoms with Gasteiger partial charge in [0, 0.05) is 35.9 Å². The molecule has 0 saturated carbocycles. The summed E-state index contributed by atoms with van der Waals surface area (Å²) in [6, 6.07) is 7.10. The average Bonchev–Trinajstić information content (AvgIpc) is 2.41. The van der Waals surface area contributed by atoms with Gasteiger partial charge in [0.2, 0.25) is 0 Å². The van der Waals surface area contributed by atoms with Gasteiger partial charge in [-0.15, -0.1) is 0 Å². The molecular weight excluding hydrogens is 310 g/mol. The summed E-state index contributed by atoms with van der Waals surface area (Å²) in [5, 5.41) is 8.63. The van der Waals surface area contributed by atoms with Crippen molar-refractivity contribution in [3.05, 3.63) is 28.2 Å². The fourth-order valence-corrected chi connectivity index (χ4v) is 1.81. The number of ether oxygens (including phenoxy) is 1. The number of nitrogen functional groups attached to an aromatic ring is 1. The zero-order valence-corrected chi connectivity index (χ0v) is 12.3. The van der Waals surface area contributed by atoms with Crippen LogP contribution >= 0.6 is 15.9 Å². The van der Waals surface area contributed by atoms with E-state index < -0.39 is 0 Å². The van der Waals surface area contributed by atoms with E-state index in [0.29, 0.717) is 37.4 Å². The topological polar surface area (TPSA) is 79.3 Å². The first-order valence-electron chi connectivity index (χ1n) is 5.80. The molecule has 1 amide bonds. The van der Waals surface area contributed by atoms with Gasteiger partial charge < -0.3 is 15.4 Å². The highest BCUT2D eigenvalue weighted by molar-refractivity contribution is 9.10. The van der Waals surface area contributed by atoms with Gasteiger partial charge in [-0.25, -0.2) is 0 Å². The molecular formula is C13H16BrN3O2. The Morgan fingerprint density at radius 2 is 2.26 bits per heavy atom. The molecule has 0 atom stereocenters. The Hall–Kier alpha value is -1.58. The highest BCUT2D eigenvalue weighted by Gasteiger charge is 2.15. The van der Waals surface area contributed by atoms with Crippen molar-refractivity contribution in [3.63, 3.8) is 0 Å². The molecule has 1 aromatic rings. The Morgan fingerprint density at radius 1 is 1.53 bits per heavy atom. The molecule has 0 heterocycles. The smallest absolute Gasteiger partial charge is 0.254 e. The van der Waals surface area contributed by atoms with Gasteiger partial charge >= 0.3 is 0 Å². The molecule has 0 aliphatic carbocycles. The Balaban J connectivity index is 2.84. The quantitative estimate of drug-likeness (QED) is 0.811. The second-order valence-corrected chi connectivity index (χ2v) is 4.78. The SMILES string of the molecule is COCCN(CCC#N)C(=O)c1ccc(Br)c(N)c1. The monoisotopic (exact) mass is 325 g/mol. The van der Waals surface area contributed by atoms with Crippen molar-refractivity contribution >= 4 is 27.5 Å². The predicted molar refractivity (Wildman–Crippen MR) is 76.6 cm³/mol. The van der Waals surface area contributed by atoms with Crippen LogP contribution in [0.5, 0.6) is 0 Å². The normalized spacial score (nSPS) is 9.95. The van der Waals surface area contributed by atoms with Crippen molar-refractivity contribution in [2.24, 2.45) is 0 Å². The molecule has 0 fully saturated rings. The van der Waals surface area contributed by atoms with Crippen LogP contribution in [0.4, 0.5) is 5.69 Å². The highest BCUT2D eigenvalue weighted by Crippen LogP contribution is 2.21. The molecule has 6 heteroatoms. The third-order valence-corrected chi connectivity index (χ3v) is 3.31. The summed E-state index contributed by atoms with van der Waals surface area (Å²) in [6.45, 7) is 1.27. The number of benzene rings is 1. The van der Waals surface area contributed by atoms with Gasteiger partial charge in [0.25, 0.3) is 5.91 Å². The molecule has 0 saturated heterocycles. The molecule has 2 N–H and O–H groups in total. The molecule has 1 rings (SSSR count). The fraction of sp³-hybridized carbons (Fsp3) is 0.385. The van der Waals surface area contributed by atoms with E-state index in [2.05, 4.69) is 15.9 Å². The van der Waals surface area contributed by atoms with Crippen LogP contribution in [0.3, 0.4) is 0 Å². The Bertz CT molecular complexity index is 485. The minimum absolute atomic E-state index is 0.147. The second-order valence-electron chi connectivity index (χ2n) is 3.93. The standard InChI is InChI=1S/C13H16BrN3O2/c1-19-8-7-17(6-2-5-15)13(18)10-3-4-11(14)12(16)9-10/h3-4,9H,2,6-8,16H2,1H3. The maximum absolute atomic E-state index is 12.3. The van der Waals surface area contributed by atoms with Gasteiger partial charge in [-0.1, -0.05) is 0 Å². The molecule has 102 valence electrons. The number of carbonyl (C=O) groups excluding carboxylic acids is 1. The van der Waals surface area contributed by atoms with Crippen molar-refractivity contribution in [2.75, 3.05) is 32.5 Å². The van der Waals surface area contributed by atoms with Crippen LogP contribution in [-0.2, 0) is 4.74 Å². The Labute approximate surface area is 121 Å². The van der Waals surface area contributed by atoms with Crippen LogP contribution in [0.15, 0.2) is 22.7 Å². The number of amides is 1. The minimum atomic E-state index is -0.147. The summed E-state index contributed by atoms with van der Waals surface area (Å²) >= 11 is 3.29. The molecule has 1 aromatic carbocycles.